The molecule has 2 aromatic rings. The standard InChI is InChI=1S/C23H28N2O3/c1-16(2)25-22(26)18-10-4-6-12-20(18)24-23(25,3)19-11-5-7-13-21(19)28-15-17-9-8-14-27-17/h4-7,10-13,16-17,24H,8-9,14-15H2,1-3H3. The lowest BCUT2D eigenvalue weighted by Crippen LogP contribution is -2.58. The highest BCUT2D eigenvalue weighted by atomic mass is 16.5. The van der Waals surface area contributed by atoms with Gasteiger partial charge in [0.2, 0.25) is 0 Å². The molecule has 2 aliphatic rings. The Bertz CT molecular complexity index is 860. The van der Waals surface area contributed by atoms with E-state index in [1.165, 1.54) is 0 Å². The van der Waals surface area contributed by atoms with E-state index in [9.17, 15) is 4.79 Å². The number of anilines is 1. The summed E-state index contributed by atoms with van der Waals surface area (Å²) < 4.78 is 11.9. The van der Waals surface area contributed by atoms with E-state index in [2.05, 4.69) is 12.2 Å². The van der Waals surface area contributed by atoms with Crippen LogP contribution in [-0.4, -0.2) is 36.2 Å². The van der Waals surface area contributed by atoms with Crippen molar-refractivity contribution < 1.29 is 14.3 Å². The fraction of sp³-hybridized carbons (Fsp3) is 0.435. The fourth-order valence-electron chi connectivity index (χ4n) is 4.34. The number of hydrogen-bond donors (Lipinski definition) is 1. The Balaban J connectivity index is 1.73. The zero-order chi connectivity index (χ0) is 19.7. The van der Waals surface area contributed by atoms with Crippen molar-refractivity contribution in [2.45, 2.75) is 51.4 Å². The maximum Gasteiger partial charge on any atom is 0.258 e. The quantitative estimate of drug-likeness (QED) is 0.836. The second kappa shape index (κ2) is 7.47. The van der Waals surface area contributed by atoms with Crippen LogP contribution in [0.3, 0.4) is 0 Å². The number of ether oxygens (including phenoxy) is 2. The van der Waals surface area contributed by atoms with Crippen molar-refractivity contribution in [2.75, 3.05) is 18.5 Å². The average molecular weight is 380 g/mol. The SMILES string of the molecule is CC(C)N1C(=O)c2ccccc2NC1(C)c1ccccc1OCC1CCCO1. The number of hydrogen-bond acceptors (Lipinski definition) is 4. The van der Waals surface area contributed by atoms with Crippen LogP contribution in [0.25, 0.3) is 0 Å². The second-order valence-electron chi connectivity index (χ2n) is 7.95. The third kappa shape index (κ3) is 3.24. The minimum absolute atomic E-state index is 0.0181. The fourth-order valence-corrected chi connectivity index (χ4v) is 4.34. The van der Waals surface area contributed by atoms with Crippen molar-refractivity contribution in [3.8, 4) is 5.75 Å². The predicted octanol–water partition coefficient (Wildman–Crippen LogP) is 4.39. The summed E-state index contributed by atoms with van der Waals surface area (Å²) in [5.41, 5.74) is 1.78. The molecule has 0 saturated carbocycles. The Morgan fingerprint density at radius 2 is 1.96 bits per heavy atom. The number of nitrogens with zero attached hydrogens (tertiary/aromatic N) is 1. The first-order chi connectivity index (χ1) is 13.5. The van der Waals surface area contributed by atoms with Gasteiger partial charge < -0.3 is 19.7 Å². The van der Waals surface area contributed by atoms with Gasteiger partial charge in [-0.1, -0.05) is 30.3 Å². The molecule has 4 rings (SSSR count). The van der Waals surface area contributed by atoms with Gasteiger partial charge >= 0.3 is 0 Å². The van der Waals surface area contributed by atoms with E-state index < -0.39 is 5.66 Å². The lowest BCUT2D eigenvalue weighted by molar-refractivity contribution is 0.0410. The van der Waals surface area contributed by atoms with Crippen molar-refractivity contribution in [3.63, 3.8) is 0 Å². The van der Waals surface area contributed by atoms with Crippen molar-refractivity contribution in [1.82, 2.24) is 4.90 Å². The number of nitrogens with one attached hydrogen (secondary N) is 1. The number of amides is 1. The topological polar surface area (TPSA) is 50.8 Å². The molecule has 148 valence electrons. The monoisotopic (exact) mass is 380 g/mol. The number of para-hydroxylation sites is 2. The van der Waals surface area contributed by atoms with E-state index in [4.69, 9.17) is 9.47 Å². The molecular formula is C23H28N2O3. The van der Waals surface area contributed by atoms with E-state index in [0.717, 1.165) is 36.4 Å². The molecule has 1 saturated heterocycles. The van der Waals surface area contributed by atoms with Crippen LogP contribution in [0.1, 0.15) is 49.5 Å². The first kappa shape index (κ1) is 18.8. The summed E-state index contributed by atoms with van der Waals surface area (Å²) in [7, 11) is 0. The van der Waals surface area contributed by atoms with Crippen LogP contribution in [0, 0.1) is 0 Å². The molecule has 1 amide bonds. The highest BCUT2D eigenvalue weighted by molar-refractivity contribution is 6.02. The molecule has 2 heterocycles. The first-order valence-corrected chi connectivity index (χ1v) is 10.1. The van der Waals surface area contributed by atoms with E-state index in [1.807, 2.05) is 67.3 Å². The summed E-state index contributed by atoms with van der Waals surface area (Å²) in [4.78, 5) is 15.3. The number of fused-ring (bicyclic) bond motifs is 1. The maximum atomic E-state index is 13.4. The number of benzene rings is 2. The molecule has 28 heavy (non-hydrogen) atoms. The van der Waals surface area contributed by atoms with Crippen LogP contribution in [-0.2, 0) is 10.4 Å². The van der Waals surface area contributed by atoms with Gasteiger partial charge in [0.25, 0.3) is 5.91 Å². The number of carbonyl (C=O) groups is 1. The minimum atomic E-state index is -0.716. The highest BCUT2D eigenvalue weighted by Crippen LogP contribution is 2.42. The van der Waals surface area contributed by atoms with Crippen LogP contribution in [0.5, 0.6) is 5.75 Å². The van der Waals surface area contributed by atoms with Crippen molar-refractivity contribution in [1.29, 1.82) is 0 Å². The highest BCUT2D eigenvalue weighted by Gasteiger charge is 2.45. The molecule has 5 nitrogen and oxygen atoms in total. The molecule has 0 aromatic heterocycles. The second-order valence-corrected chi connectivity index (χ2v) is 7.95. The molecule has 2 unspecified atom stereocenters. The molecule has 1 N–H and O–H groups in total. The van der Waals surface area contributed by atoms with Crippen LogP contribution in [0.15, 0.2) is 48.5 Å². The van der Waals surface area contributed by atoms with Gasteiger partial charge in [-0.2, -0.15) is 0 Å². The van der Waals surface area contributed by atoms with Gasteiger partial charge in [-0.15, -0.1) is 0 Å². The third-order valence-electron chi connectivity index (χ3n) is 5.61. The average Bonchev–Trinajstić information content (AvgIpc) is 3.20. The lowest BCUT2D eigenvalue weighted by Gasteiger charge is -2.49. The van der Waals surface area contributed by atoms with Crippen LogP contribution >= 0.6 is 0 Å². The molecule has 2 aliphatic heterocycles. The van der Waals surface area contributed by atoms with Crippen LogP contribution < -0.4 is 10.1 Å². The van der Waals surface area contributed by atoms with Crippen molar-refractivity contribution in [2.24, 2.45) is 0 Å². The summed E-state index contributed by atoms with van der Waals surface area (Å²) in [5.74, 6) is 0.812. The van der Waals surface area contributed by atoms with Gasteiger partial charge in [0.05, 0.1) is 11.7 Å². The normalized spacial score (nSPS) is 24.2. The van der Waals surface area contributed by atoms with Crippen molar-refractivity contribution >= 4 is 11.6 Å². The van der Waals surface area contributed by atoms with Gasteiger partial charge in [-0.25, -0.2) is 0 Å². The molecule has 2 atom stereocenters. The van der Waals surface area contributed by atoms with E-state index >= 15 is 0 Å². The van der Waals surface area contributed by atoms with Gasteiger partial charge in [-0.3, -0.25) is 4.79 Å². The summed E-state index contributed by atoms with van der Waals surface area (Å²) in [6, 6.07) is 15.7. The Morgan fingerprint density at radius 3 is 2.71 bits per heavy atom. The number of rotatable bonds is 5. The molecule has 0 aliphatic carbocycles. The van der Waals surface area contributed by atoms with Crippen molar-refractivity contribution in [3.05, 3.63) is 59.7 Å². The molecule has 5 heteroatoms. The predicted molar refractivity (Wildman–Crippen MR) is 110 cm³/mol. The van der Waals surface area contributed by atoms with Gasteiger partial charge in [0, 0.05) is 23.9 Å². The van der Waals surface area contributed by atoms with Crippen LogP contribution in [0.4, 0.5) is 5.69 Å². The smallest absolute Gasteiger partial charge is 0.258 e. The van der Waals surface area contributed by atoms with E-state index in [1.54, 1.807) is 0 Å². The van der Waals surface area contributed by atoms with E-state index in [-0.39, 0.29) is 18.1 Å². The molecule has 1 fully saturated rings. The van der Waals surface area contributed by atoms with Gasteiger partial charge in [0.1, 0.15) is 18.0 Å². The first-order valence-electron chi connectivity index (χ1n) is 10.1. The number of carbonyl (C=O) groups excluding carboxylic acids is 1. The Labute approximate surface area is 166 Å². The van der Waals surface area contributed by atoms with Gasteiger partial charge in [0.15, 0.2) is 0 Å². The zero-order valence-electron chi connectivity index (χ0n) is 16.8. The minimum Gasteiger partial charge on any atom is -0.490 e. The molecule has 0 spiro atoms. The Kier molecular flexibility index (Phi) is 5.02. The van der Waals surface area contributed by atoms with E-state index in [0.29, 0.717) is 12.2 Å². The zero-order valence-corrected chi connectivity index (χ0v) is 16.8. The molecular weight excluding hydrogens is 352 g/mol. The summed E-state index contributed by atoms with van der Waals surface area (Å²) >= 11 is 0. The summed E-state index contributed by atoms with van der Waals surface area (Å²) in [6.07, 6.45) is 2.26. The van der Waals surface area contributed by atoms with Crippen LogP contribution in [0.2, 0.25) is 0 Å². The maximum absolute atomic E-state index is 13.4. The Hall–Kier alpha value is -2.53. The largest absolute Gasteiger partial charge is 0.490 e. The summed E-state index contributed by atoms with van der Waals surface area (Å²) in [6.45, 7) is 7.47. The lowest BCUT2D eigenvalue weighted by atomic mass is 9.91. The van der Waals surface area contributed by atoms with Gasteiger partial charge in [-0.05, 0) is 51.8 Å². The third-order valence-corrected chi connectivity index (χ3v) is 5.61. The Morgan fingerprint density at radius 1 is 1.21 bits per heavy atom. The molecule has 0 bridgehead atoms. The summed E-state index contributed by atoms with van der Waals surface area (Å²) in [5, 5.41) is 3.61. The molecule has 2 aromatic carbocycles. The molecule has 0 radical (unpaired) electrons.